The maximum absolute atomic E-state index is 13.7. The quantitative estimate of drug-likeness (QED) is 0.284. The number of fused-ring (bicyclic) bond motifs is 1. The number of methoxy groups -OCH3 is 1. The van der Waals surface area contributed by atoms with Crippen LogP contribution < -0.4 is 5.32 Å². The molecule has 1 atom stereocenters. The summed E-state index contributed by atoms with van der Waals surface area (Å²) >= 11 is 2.85. The summed E-state index contributed by atoms with van der Waals surface area (Å²) < 4.78 is 10.5. The zero-order valence-corrected chi connectivity index (χ0v) is 19.8. The number of nitrogens with zero attached hydrogens (tertiary/aromatic N) is 1. The van der Waals surface area contributed by atoms with Crippen molar-refractivity contribution < 1.29 is 23.5 Å². The summed E-state index contributed by atoms with van der Waals surface area (Å²) in [4.78, 5) is 42.9. The van der Waals surface area contributed by atoms with E-state index in [-0.39, 0.29) is 23.6 Å². The topological polar surface area (TPSA) is 88.9 Å². The number of urea groups is 1. The Morgan fingerprint density at radius 2 is 1.94 bits per heavy atom. The van der Waals surface area contributed by atoms with Crippen LogP contribution in [0.2, 0.25) is 0 Å². The summed E-state index contributed by atoms with van der Waals surface area (Å²) in [7, 11) is 1.25. The van der Waals surface area contributed by atoms with Crippen LogP contribution in [0.4, 0.5) is 4.79 Å². The number of amides is 2. The van der Waals surface area contributed by atoms with Crippen LogP contribution in [0.25, 0.3) is 11.0 Å². The van der Waals surface area contributed by atoms with Crippen molar-refractivity contribution in [1.82, 2.24) is 10.2 Å². The Morgan fingerprint density at radius 1 is 1.12 bits per heavy atom. The fourth-order valence-electron chi connectivity index (χ4n) is 4.06. The van der Waals surface area contributed by atoms with Crippen LogP contribution in [0.3, 0.4) is 0 Å². The minimum absolute atomic E-state index is 0.0292. The molecule has 1 unspecified atom stereocenters. The summed E-state index contributed by atoms with van der Waals surface area (Å²) in [6.45, 7) is 0.228. The lowest BCUT2D eigenvalue weighted by Gasteiger charge is -2.35. The second-order valence-electron chi connectivity index (χ2n) is 7.64. The molecule has 3 aromatic heterocycles. The predicted molar refractivity (Wildman–Crippen MR) is 130 cm³/mol. The third-order valence-corrected chi connectivity index (χ3v) is 7.47. The van der Waals surface area contributed by atoms with Gasteiger partial charge >= 0.3 is 12.0 Å². The van der Waals surface area contributed by atoms with Crippen molar-refractivity contribution >= 4 is 51.4 Å². The molecule has 1 aliphatic rings. The van der Waals surface area contributed by atoms with Crippen molar-refractivity contribution in [2.45, 2.75) is 12.5 Å². The number of rotatable bonds is 7. The zero-order valence-electron chi connectivity index (χ0n) is 18.1. The fourth-order valence-corrected chi connectivity index (χ4v) is 5.43. The van der Waals surface area contributed by atoms with Crippen molar-refractivity contribution in [1.29, 1.82) is 0 Å². The number of carbonyl (C=O) groups is 3. The number of ketones is 1. The molecule has 1 N–H and O–H groups in total. The summed E-state index contributed by atoms with van der Waals surface area (Å²) in [5.41, 5.74) is 1.51. The van der Waals surface area contributed by atoms with Gasteiger partial charge in [-0.05, 0) is 53.1 Å². The maximum atomic E-state index is 13.7. The number of benzene rings is 1. The maximum Gasteiger partial charge on any atom is 0.355 e. The lowest BCUT2D eigenvalue weighted by molar-refractivity contribution is -0.137. The van der Waals surface area contributed by atoms with Gasteiger partial charge in [-0.15, -0.1) is 22.7 Å². The van der Waals surface area contributed by atoms with Gasteiger partial charge in [-0.3, -0.25) is 9.69 Å². The van der Waals surface area contributed by atoms with Gasteiger partial charge in [0.25, 0.3) is 0 Å². The van der Waals surface area contributed by atoms with E-state index >= 15 is 0 Å². The van der Waals surface area contributed by atoms with Crippen molar-refractivity contribution in [2.24, 2.45) is 0 Å². The van der Waals surface area contributed by atoms with Gasteiger partial charge < -0.3 is 14.5 Å². The Bertz CT molecular complexity index is 1390. The van der Waals surface area contributed by atoms with E-state index in [1.54, 1.807) is 47.2 Å². The second kappa shape index (κ2) is 9.28. The molecule has 34 heavy (non-hydrogen) atoms. The summed E-state index contributed by atoms with van der Waals surface area (Å²) in [5, 5.41) is 7.53. The number of carbonyl (C=O) groups excluding carboxylic acids is 3. The number of furan rings is 1. The molecule has 0 saturated carbocycles. The first-order valence-corrected chi connectivity index (χ1v) is 12.3. The fraction of sp³-hybridized carbons (Fsp3) is 0.160. The van der Waals surface area contributed by atoms with Crippen molar-refractivity contribution in [3.8, 4) is 0 Å². The lowest BCUT2D eigenvalue weighted by atomic mass is 9.90. The molecular formula is C25H20N2O5S2. The van der Waals surface area contributed by atoms with Crippen LogP contribution in [-0.4, -0.2) is 36.3 Å². The highest BCUT2D eigenvalue weighted by Gasteiger charge is 2.41. The Balaban J connectivity index is 1.65. The molecular weight excluding hydrogens is 472 g/mol. The number of ether oxygens (including phenoxy) is 1. The molecule has 1 aliphatic heterocycles. The standard InChI is InChI=1S/C25H20N2O5S2/c1-31-24(29)22-20(23(28)19-5-3-13-34-19)21(16-6-7-18-15(14-16)9-11-32-18)26-25(30)27(22)10-8-17-4-2-12-33-17/h2-7,9,11-14,21H,8,10H2,1H3,(H,26,30). The first-order valence-electron chi connectivity index (χ1n) is 10.5. The van der Waals surface area contributed by atoms with Crippen molar-refractivity contribution in [3.63, 3.8) is 0 Å². The molecule has 0 bridgehead atoms. The van der Waals surface area contributed by atoms with Crippen LogP contribution in [0.1, 0.15) is 26.2 Å². The molecule has 4 heterocycles. The molecule has 4 aromatic rings. The third kappa shape index (κ3) is 4.04. The van der Waals surface area contributed by atoms with Gasteiger partial charge in [0.1, 0.15) is 11.3 Å². The average Bonchev–Trinajstić information content (AvgIpc) is 3.63. The lowest BCUT2D eigenvalue weighted by Crippen LogP contribution is -2.50. The molecule has 0 saturated heterocycles. The van der Waals surface area contributed by atoms with Gasteiger partial charge in [0.05, 0.1) is 29.9 Å². The molecule has 9 heteroatoms. The monoisotopic (exact) mass is 492 g/mol. The van der Waals surface area contributed by atoms with E-state index in [1.807, 2.05) is 29.6 Å². The predicted octanol–water partition coefficient (Wildman–Crippen LogP) is 5.17. The first kappa shape index (κ1) is 22.1. The van der Waals surface area contributed by atoms with Crippen LogP contribution in [0, 0.1) is 0 Å². The van der Waals surface area contributed by atoms with Gasteiger partial charge in [-0.25, -0.2) is 9.59 Å². The molecule has 1 aromatic carbocycles. The van der Waals surface area contributed by atoms with E-state index in [2.05, 4.69) is 5.32 Å². The van der Waals surface area contributed by atoms with Crippen molar-refractivity contribution in [2.75, 3.05) is 13.7 Å². The third-order valence-electron chi connectivity index (χ3n) is 5.67. The Labute approximate surface area is 203 Å². The van der Waals surface area contributed by atoms with Crippen molar-refractivity contribution in [3.05, 3.63) is 92.1 Å². The molecule has 7 nitrogen and oxygen atoms in total. The van der Waals surface area contributed by atoms with E-state index in [0.29, 0.717) is 22.4 Å². The van der Waals surface area contributed by atoms with E-state index in [4.69, 9.17) is 9.15 Å². The molecule has 0 aliphatic carbocycles. The van der Waals surface area contributed by atoms with Gasteiger partial charge in [0, 0.05) is 16.8 Å². The van der Waals surface area contributed by atoms with Crippen LogP contribution in [-0.2, 0) is 16.0 Å². The highest BCUT2D eigenvalue weighted by molar-refractivity contribution is 7.12. The highest BCUT2D eigenvalue weighted by Crippen LogP contribution is 2.36. The van der Waals surface area contributed by atoms with Crippen LogP contribution >= 0.6 is 22.7 Å². The molecule has 0 spiro atoms. The highest BCUT2D eigenvalue weighted by atomic mass is 32.1. The normalized spacial score (nSPS) is 16.1. The Hall–Kier alpha value is -3.69. The van der Waals surface area contributed by atoms with Gasteiger partial charge in [-0.2, -0.15) is 0 Å². The number of nitrogens with one attached hydrogen (secondary N) is 1. The minimum Gasteiger partial charge on any atom is -0.464 e. The summed E-state index contributed by atoms with van der Waals surface area (Å²) in [5.74, 6) is -1.05. The first-order chi connectivity index (χ1) is 16.6. The van der Waals surface area contributed by atoms with Gasteiger partial charge in [0.15, 0.2) is 0 Å². The number of hydrogen-bond acceptors (Lipinski definition) is 7. The average molecular weight is 493 g/mol. The molecule has 0 radical (unpaired) electrons. The number of hydrogen-bond donors (Lipinski definition) is 1. The van der Waals surface area contributed by atoms with Crippen LogP contribution in [0.15, 0.2) is 81.2 Å². The number of esters is 1. The number of Topliss-reactive ketones (excluding diaryl/α,β-unsaturated/α-hetero) is 1. The van der Waals surface area contributed by atoms with Crippen LogP contribution in [0.5, 0.6) is 0 Å². The molecule has 5 rings (SSSR count). The summed E-state index contributed by atoms with van der Waals surface area (Å²) in [6.07, 6.45) is 2.12. The SMILES string of the molecule is COC(=O)C1=C(C(=O)c2cccs2)C(c2ccc3occc3c2)NC(=O)N1CCc1cccs1. The smallest absolute Gasteiger partial charge is 0.355 e. The molecule has 172 valence electrons. The second-order valence-corrected chi connectivity index (χ2v) is 9.62. The molecule has 2 amide bonds. The van der Waals surface area contributed by atoms with E-state index in [0.717, 1.165) is 10.3 Å². The van der Waals surface area contributed by atoms with E-state index in [9.17, 15) is 14.4 Å². The molecule has 0 fully saturated rings. The van der Waals surface area contributed by atoms with E-state index < -0.39 is 18.0 Å². The Kier molecular flexibility index (Phi) is 6.04. The summed E-state index contributed by atoms with van der Waals surface area (Å²) in [6, 6.07) is 13.3. The zero-order chi connectivity index (χ0) is 23.7. The largest absolute Gasteiger partial charge is 0.464 e. The van der Waals surface area contributed by atoms with E-state index in [1.165, 1.54) is 23.3 Å². The van der Waals surface area contributed by atoms with Gasteiger partial charge in [0.2, 0.25) is 5.78 Å². The Morgan fingerprint density at radius 3 is 2.68 bits per heavy atom. The minimum atomic E-state index is -0.825. The number of thiophene rings is 2. The van der Waals surface area contributed by atoms with Gasteiger partial charge in [-0.1, -0.05) is 18.2 Å².